The van der Waals surface area contributed by atoms with Crippen LogP contribution < -0.4 is 10.5 Å². The van der Waals surface area contributed by atoms with Crippen molar-refractivity contribution in [2.75, 3.05) is 0 Å². The number of terminal acetylenes is 1. The predicted molar refractivity (Wildman–Crippen MR) is 133 cm³/mol. The molecule has 2 unspecified atom stereocenters. The number of hydrogen-bond donors (Lipinski definition) is 2. The van der Waals surface area contributed by atoms with Gasteiger partial charge in [-0.05, 0) is 74.6 Å². The molecule has 0 saturated carbocycles. The largest absolute Gasteiger partial charge is 0.461 e. The maximum atomic E-state index is 10.3. The smallest absolute Gasteiger partial charge is 0.135 e. The Morgan fingerprint density at radius 2 is 2.03 bits per heavy atom. The molecule has 2 aromatic carbocycles. The van der Waals surface area contributed by atoms with Gasteiger partial charge in [0.05, 0.1) is 6.10 Å². The Hall–Kier alpha value is -3.13. The zero-order valence-corrected chi connectivity index (χ0v) is 19.4. The minimum Gasteiger partial charge on any atom is -0.461 e. The summed E-state index contributed by atoms with van der Waals surface area (Å²) in [5.41, 5.74) is 12.6. The molecular weight excluding hydrogens is 396 g/mol. The molecule has 2 atom stereocenters. The minimum absolute atomic E-state index is 0.262. The highest BCUT2D eigenvalue weighted by atomic mass is 16.5. The molecule has 3 rings (SSSR count). The Bertz CT molecular complexity index is 1120. The van der Waals surface area contributed by atoms with E-state index in [1.165, 1.54) is 0 Å². The van der Waals surface area contributed by atoms with E-state index in [-0.39, 0.29) is 6.04 Å². The molecule has 0 aliphatic heterocycles. The summed E-state index contributed by atoms with van der Waals surface area (Å²) in [4.78, 5) is 4.62. The first-order valence-corrected chi connectivity index (χ1v) is 11.1. The monoisotopic (exact) mass is 428 g/mol. The van der Waals surface area contributed by atoms with E-state index < -0.39 is 6.10 Å². The van der Waals surface area contributed by atoms with Crippen LogP contribution in [-0.2, 0) is 6.42 Å². The van der Waals surface area contributed by atoms with Gasteiger partial charge in [-0.2, -0.15) is 0 Å². The van der Waals surface area contributed by atoms with Gasteiger partial charge < -0.3 is 15.6 Å². The van der Waals surface area contributed by atoms with Crippen LogP contribution in [0.5, 0.6) is 5.75 Å². The van der Waals surface area contributed by atoms with Crippen LogP contribution in [0.15, 0.2) is 65.0 Å². The van der Waals surface area contributed by atoms with Crippen LogP contribution in [0.3, 0.4) is 0 Å². The first-order chi connectivity index (χ1) is 15.3. The molecule has 166 valence electrons. The van der Waals surface area contributed by atoms with Gasteiger partial charge in [-0.3, -0.25) is 4.99 Å². The van der Waals surface area contributed by atoms with Crippen LogP contribution in [0.2, 0.25) is 0 Å². The molecule has 3 N–H and O–H groups in total. The second-order valence-electron chi connectivity index (χ2n) is 8.33. The Labute approximate surface area is 191 Å². The lowest BCUT2D eigenvalue weighted by molar-refractivity contribution is 0.159. The summed E-state index contributed by atoms with van der Waals surface area (Å²) in [5.74, 6) is 4.09. The third kappa shape index (κ3) is 5.56. The molecule has 0 spiro atoms. The third-order valence-corrected chi connectivity index (χ3v) is 5.55. The Balaban J connectivity index is 1.92. The van der Waals surface area contributed by atoms with Gasteiger partial charge in [0, 0.05) is 28.6 Å². The fraction of sp³-hybridized carbons (Fsp3) is 0.321. The van der Waals surface area contributed by atoms with E-state index >= 15 is 0 Å². The quantitative estimate of drug-likeness (QED) is 0.338. The summed E-state index contributed by atoms with van der Waals surface area (Å²) in [6, 6.07) is 11.5. The highest BCUT2D eigenvalue weighted by Gasteiger charge is 2.28. The molecule has 0 saturated heterocycles. The van der Waals surface area contributed by atoms with Gasteiger partial charge in [0.25, 0.3) is 0 Å². The van der Waals surface area contributed by atoms with Crippen molar-refractivity contribution < 1.29 is 9.84 Å². The first kappa shape index (κ1) is 23.5. The van der Waals surface area contributed by atoms with Crippen LogP contribution in [-0.4, -0.2) is 16.9 Å². The average molecular weight is 429 g/mol. The second kappa shape index (κ2) is 10.5. The third-order valence-electron chi connectivity index (χ3n) is 5.55. The van der Waals surface area contributed by atoms with Crippen molar-refractivity contribution in [2.45, 2.75) is 59.1 Å². The topological polar surface area (TPSA) is 67.8 Å². The number of aliphatic hydroxyl groups is 1. The molecule has 0 fully saturated rings. The number of aliphatic hydroxyl groups excluding tert-OH is 1. The van der Waals surface area contributed by atoms with E-state index in [1.54, 1.807) is 0 Å². The molecule has 1 aliphatic rings. The van der Waals surface area contributed by atoms with Crippen LogP contribution in [0, 0.1) is 12.3 Å². The normalized spacial score (nSPS) is 19.0. The van der Waals surface area contributed by atoms with E-state index in [1.807, 2.05) is 57.2 Å². The van der Waals surface area contributed by atoms with Crippen molar-refractivity contribution in [1.82, 2.24) is 0 Å². The van der Waals surface area contributed by atoms with Crippen LogP contribution >= 0.6 is 0 Å². The molecule has 4 nitrogen and oxygen atoms in total. The van der Waals surface area contributed by atoms with Gasteiger partial charge in [0.15, 0.2) is 0 Å². The summed E-state index contributed by atoms with van der Waals surface area (Å²) in [6.07, 6.45) is 11.9. The number of aliphatic imine (C=N–C) groups is 1. The van der Waals surface area contributed by atoms with Gasteiger partial charge in [0.1, 0.15) is 11.5 Å². The number of allylic oxidation sites excluding steroid dienone is 4. The zero-order valence-electron chi connectivity index (χ0n) is 19.4. The molecule has 4 heteroatoms. The molecule has 0 amide bonds. The SMILES string of the molecule is C#Cc1ccc(-c2ccc3c(c2)CC(N)C3O)c(O/C(C)=C/C(C)=N/C(C)=C/CCC)c1. The summed E-state index contributed by atoms with van der Waals surface area (Å²) in [6.45, 7) is 8.03. The van der Waals surface area contributed by atoms with Crippen LogP contribution in [0.1, 0.15) is 63.3 Å². The zero-order chi connectivity index (χ0) is 23.3. The van der Waals surface area contributed by atoms with Crippen molar-refractivity contribution in [3.05, 3.63) is 76.7 Å². The van der Waals surface area contributed by atoms with Crippen molar-refractivity contribution >= 4 is 5.71 Å². The highest BCUT2D eigenvalue weighted by Crippen LogP contribution is 2.37. The van der Waals surface area contributed by atoms with Crippen LogP contribution in [0.25, 0.3) is 11.1 Å². The van der Waals surface area contributed by atoms with Crippen molar-refractivity contribution in [1.29, 1.82) is 0 Å². The van der Waals surface area contributed by atoms with Gasteiger partial charge in [0.2, 0.25) is 0 Å². The van der Waals surface area contributed by atoms with E-state index in [0.29, 0.717) is 12.2 Å². The fourth-order valence-electron chi connectivity index (χ4n) is 3.98. The van der Waals surface area contributed by atoms with Crippen molar-refractivity contribution in [2.24, 2.45) is 10.7 Å². The summed E-state index contributed by atoms with van der Waals surface area (Å²) >= 11 is 0. The fourth-order valence-corrected chi connectivity index (χ4v) is 3.98. The van der Waals surface area contributed by atoms with Crippen molar-refractivity contribution in [3.63, 3.8) is 0 Å². The minimum atomic E-state index is -0.610. The first-order valence-electron chi connectivity index (χ1n) is 11.1. The van der Waals surface area contributed by atoms with Gasteiger partial charge in [-0.25, -0.2) is 0 Å². The number of hydrogen-bond acceptors (Lipinski definition) is 4. The van der Waals surface area contributed by atoms with E-state index in [2.05, 4.69) is 30.0 Å². The Kier molecular flexibility index (Phi) is 7.69. The molecular formula is C28H32N2O2. The lowest BCUT2D eigenvalue weighted by atomic mass is 9.98. The van der Waals surface area contributed by atoms with Gasteiger partial charge in [-0.15, -0.1) is 6.42 Å². The Morgan fingerprint density at radius 3 is 2.75 bits per heavy atom. The molecule has 0 radical (unpaired) electrons. The number of benzene rings is 2. The average Bonchev–Trinajstić information content (AvgIpc) is 3.04. The van der Waals surface area contributed by atoms with E-state index in [4.69, 9.17) is 16.9 Å². The molecule has 0 aromatic heterocycles. The van der Waals surface area contributed by atoms with Gasteiger partial charge >= 0.3 is 0 Å². The Morgan fingerprint density at radius 1 is 1.25 bits per heavy atom. The standard InChI is InChI=1S/C28H32N2O2/c1-6-8-9-18(3)30-19(4)14-20(5)32-27-15-21(7-2)10-12-24(27)22-11-13-25-23(16-22)17-26(29)28(25)31/h2,9-16,26,28,31H,6,8,17,29H2,1,3-5H3/b18-9+,20-14+,30-19+. The molecule has 0 bridgehead atoms. The summed E-state index contributed by atoms with van der Waals surface area (Å²) < 4.78 is 6.23. The highest BCUT2D eigenvalue weighted by molar-refractivity contribution is 5.93. The van der Waals surface area contributed by atoms with E-state index in [0.717, 1.165) is 57.8 Å². The molecule has 32 heavy (non-hydrogen) atoms. The number of nitrogens with zero attached hydrogens (tertiary/aromatic N) is 1. The number of ether oxygens (including phenoxy) is 1. The van der Waals surface area contributed by atoms with Crippen molar-refractivity contribution in [3.8, 4) is 29.2 Å². The lowest BCUT2D eigenvalue weighted by Gasteiger charge is -2.14. The number of unbranched alkanes of at least 4 members (excludes halogenated alkanes) is 1. The molecule has 2 aromatic rings. The number of rotatable bonds is 7. The summed E-state index contributed by atoms with van der Waals surface area (Å²) in [5, 5.41) is 10.3. The molecule has 0 heterocycles. The lowest BCUT2D eigenvalue weighted by Crippen LogP contribution is -2.24. The number of nitrogens with two attached hydrogens (primary N) is 1. The van der Waals surface area contributed by atoms with Crippen LogP contribution in [0.4, 0.5) is 0 Å². The maximum Gasteiger partial charge on any atom is 0.135 e. The molecule has 1 aliphatic carbocycles. The van der Waals surface area contributed by atoms with E-state index in [9.17, 15) is 5.11 Å². The maximum absolute atomic E-state index is 10.3. The second-order valence-corrected chi connectivity index (χ2v) is 8.33. The predicted octanol–water partition coefficient (Wildman–Crippen LogP) is 5.70. The summed E-state index contributed by atoms with van der Waals surface area (Å²) in [7, 11) is 0. The number of fused-ring (bicyclic) bond motifs is 1. The van der Waals surface area contributed by atoms with Gasteiger partial charge in [-0.1, -0.05) is 43.5 Å².